The van der Waals surface area contributed by atoms with E-state index in [2.05, 4.69) is 32.0 Å². The number of hydrogen-bond donors (Lipinski definition) is 0. The highest BCUT2D eigenvalue weighted by Gasteiger charge is 2.21. The fraction of sp³-hybridized carbons (Fsp3) is 0.227. The Kier molecular flexibility index (Phi) is 3.61. The Bertz CT molecular complexity index is 946. The summed E-state index contributed by atoms with van der Waals surface area (Å²) in [7, 11) is 0. The average Bonchev–Trinajstić information content (AvgIpc) is 2.61. The first-order chi connectivity index (χ1) is 11.6. The summed E-state index contributed by atoms with van der Waals surface area (Å²) >= 11 is 0. The quantitative estimate of drug-likeness (QED) is 0.651. The Hall–Kier alpha value is -2.61. The van der Waals surface area contributed by atoms with Gasteiger partial charge in [0.05, 0.1) is 5.56 Å². The zero-order valence-corrected chi connectivity index (χ0v) is 14.0. The van der Waals surface area contributed by atoms with Crippen LogP contribution in [-0.2, 0) is 12.8 Å². The smallest absolute Gasteiger partial charge is 0.193 e. The van der Waals surface area contributed by atoms with Crippen molar-refractivity contribution in [3.63, 3.8) is 0 Å². The van der Waals surface area contributed by atoms with E-state index in [4.69, 9.17) is 4.42 Å². The maximum atomic E-state index is 12.7. The zero-order valence-electron chi connectivity index (χ0n) is 14.0. The molecule has 0 radical (unpaired) electrons. The van der Waals surface area contributed by atoms with E-state index in [-0.39, 0.29) is 5.43 Å². The largest absolute Gasteiger partial charge is 0.460 e. The number of fused-ring (bicyclic) bond motifs is 3. The van der Waals surface area contributed by atoms with E-state index in [9.17, 15) is 4.79 Å². The van der Waals surface area contributed by atoms with Crippen LogP contribution in [0.3, 0.4) is 0 Å². The van der Waals surface area contributed by atoms with E-state index in [1.807, 2.05) is 30.3 Å². The molecule has 0 fully saturated rings. The fourth-order valence-electron chi connectivity index (χ4n) is 3.41. The molecule has 24 heavy (non-hydrogen) atoms. The summed E-state index contributed by atoms with van der Waals surface area (Å²) < 4.78 is 6.12. The lowest BCUT2D eigenvalue weighted by Crippen LogP contribution is -2.14. The maximum absolute atomic E-state index is 12.7. The summed E-state index contributed by atoms with van der Waals surface area (Å²) in [5, 5.41) is 0. The van der Waals surface area contributed by atoms with E-state index in [0.29, 0.717) is 11.7 Å². The first kappa shape index (κ1) is 14.9. The molecule has 1 aromatic heterocycles. The number of rotatable bonds is 2. The monoisotopic (exact) mass is 316 g/mol. The van der Waals surface area contributed by atoms with Crippen LogP contribution in [-0.4, -0.2) is 0 Å². The summed E-state index contributed by atoms with van der Waals surface area (Å²) in [6.07, 6.45) is 1.70. The standard InChI is InChI=1S/C22H20O2/c1-14(2)15-7-9-17(10-8-15)21-13-19(23)22-18-6-4-3-5-16(18)11-12-20(22)24-21/h3-10,13-14H,11-12H2,1-2H3. The van der Waals surface area contributed by atoms with E-state index < -0.39 is 0 Å². The van der Waals surface area contributed by atoms with Crippen molar-refractivity contribution in [3.05, 3.63) is 81.7 Å². The maximum Gasteiger partial charge on any atom is 0.193 e. The Labute approximate surface area is 141 Å². The topological polar surface area (TPSA) is 30.2 Å². The van der Waals surface area contributed by atoms with Gasteiger partial charge in [-0.3, -0.25) is 4.79 Å². The van der Waals surface area contributed by atoms with Crippen LogP contribution in [0.1, 0.15) is 36.7 Å². The summed E-state index contributed by atoms with van der Waals surface area (Å²) in [4.78, 5) is 12.7. The summed E-state index contributed by atoms with van der Waals surface area (Å²) in [6, 6.07) is 18.0. The lowest BCUT2D eigenvalue weighted by atomic mass is 9.89. The molecule has 0 saturated carbocycles. The summed E-state index contributed by atoms with van der Waals surface area (Å²) in [5.74, 6) is 1.96. The van der Waals surface area contributed by atoms with Crippen molar-refractivity contribution in [2.24, 2.45) is 0 Å². The molecule has 1 heterocycles. The van der Waals surface area contributed by atoms with Crippen LogP contribution in [0.15, 0.2) is 63.8 Å². The molecule has 1 aliphatic rings. The van der Waals surface area contributed by atoms with Crippen LogP contribution in [0.5, 0.6) is 0 Å². The van der Waals surface area contributed by atoms with E-state index in [1.54, 1.807) is 6.07 Å². The molecule has 0 saturated heterocycles. The van der Waals surface area contributed by atoms with Crippen molar-refractivity contribution in [1.82, 2.24) is 0 Å². The van der Waals surface area contributed by atoms with Crippen LogP contribution in [0.4, 0.5) is 0 Å². The minimum absolute atomic E-state index is 0.0475. The van der Waals surface area contributed by atoms with E-state index in [0.717, 1.165) is 35.3 Å². The molecule has 2 heteroatoms. The SMILES string of the molecule is CC(C)c1ccc(-c2cc(=O)c3c(o2)CCc2ccccc2-3)cc1. The molecule has 120 valence electrons. The van der Waals surface area contributed by atoms with Gasteiger partial charge in [-0.2, -0.15) is 0 Å². The number of hydrogen-bond acceptors (Lipinski definition) is 2. The van der Waals surface area contributed by atoms with Gasteiger partial charge in [0.15, 0.2) is 5.43 Å². The van der Waals surface area contributed by atoms with Gasteiger partial charge in [-0.05, 0) is 29.0 Å². The van der Waals surface area contributed by atoms with Crippen molar-refractivity contribution in [2.75, 3.05) is 0 Å². The van der Waals surface area contributed by atoms with Gasteiger partial charge in [0.2, 0.25) is 0 Å². The second-order valence-electron chi connectivity index (χ2n) is 6.71. The van der Waals surface area contributed by atoms with E-state index >= 15 is 0 Å². The molecule has 2 aromatic carbocycles. The van der Waals surface area contributed by atoms with Crippen LogP contribution in [0.25, 0.3) is 22.5 Å². The van der Waals surface area contributed by atoms with Gasteiger partial charge in [0.1, 0.15) is 11.5 Å². The van der Waals surface area contributed by atoms with Gasteiger partial charge in [-0.1, -0.05) is 62.4 Å². The van der Waals surface area contributed by atoms with Gasteiger partial charge < -0.3 is 4.42 Å². The third-order valence-corrected chi connectivity index (χ3v) is 4.79. The molecular formula is C22H20O2. The lowest BCUT2D eigenvalue weighted by molar-refractivity contribution is 0.502. The van der Waals surface area contributed by atoms with Crippen molar-refractivity contribution >= 4 is 0 Å². The molecule has 0 aliphatic heterocycles. The Balaban J connectivity index is 1.81. The van der Waals surface area contributed by atoms with Gasteiger partial charge in [0.25, 0.3) is 0 Å². The Morgan fingerprint density at radius 2 is 1.71 bits per heavy atom. The van der Waals surface area contributed by atoms with Gasteiger partial charge in [-0.15, -0.1) is 0 Å². The molecule has 0 amide bonds. The molecule has 0 N–H and O–H groups in total. The molecular weight excluding hydrogens is 296 g/mol. The van der Waals surface area contributed by atoms with Crippen molar-refractivity contribution in [3.8, 4) is 22.5 Å². The van der Waals surface area contributed by atoms with Gasteiger partial charge >= 0.3 is 0 Å². The molecule has 0 spiro atoms. The Morgan fingerprint density at radius 1 is 0.958 bits per heavy atom. The third-order valence-electron chi connectivity index (χ3n) is 4.79. The minimum atomic E-state index is 0.0475. The second kappa shape index (κ2) is 5.79. The fourth-order valence-corrected chi connectivity index (χ4v) is 3.41. The predicted octanol–water partition coefficient (Wildman–Crippen LogP) is 5.20. The van der Waals surface area contributed by atoms with Crippen LogP contribution < -0.4 is 5.43 Å². The molecule has 1 aliphatic carbocycles. The molecule has 0 unspecified atom stereocenters. The van der Waals surface area contributed by atoms with Gasteiger partial charge in [0, 0.05) is 18.1 Å². The molecule has 4 rings (SSSR count). The highest BCUT2D eigenvalue weighted by Crippen LogP contribution is 2.33. The second-order valence-corrected chi connectivity index (χ2v) is 6.71. The minimum Gasteiger partial charge on any atom is -0.460 e. The van der Waals surface area contributed by atoms with E-state index in [1.165, 1.54) is 11.1 Å². The van der Waals surface area contributed by atoms with Crippen molar-refractivity contribution in [2.45, 2.75) is 32.6 Å². The molecule has 0 atom stereocenters. The Morgan fingerprint density at radius 3 is 2.46 bits per heavy atom. The van der Waals surface area contributed by atoms with Crippen LogP contribution in [0.2, 0.25) is 0 Å². The highest BCUT2D eigenvalue weighted by molar-refractivity contribution is 5.72. The predicted molar refractivity (Wildman–Crippen MR) is 97.3 cm³/mol. The van der Waals surface area contributed by atoms with Gasteiger partial charge in [-0.25, -0.2) is 0 Å². The highest BCUT2D eigenvalue weighted by atomic mass is 16.3. The lowest BCUT2D eigenvalue weighted by Gasteiger charge is -2.18. The van der Waals surface area contributed by atoms with Crippen LogP contribution >= 0.6 is 0 Å². The third kappa shape index (κ3) is 2.48. The van der Waals surface area contributed by atoms with Crippen molar-refractivity contribution in [1.29, 1.82) is 0 Å². The first-order valence-corrected chi connectivity index (χ1v) is 8.49. The van der Waals surface area contributed by atoms with Crippen molar-refractivity contribution < 1.29 is 4.42 Å². The zero-order chi connectivity index (χ0) is 16.7. The van der Waals surface area contributed by atoms with Crippen LogP contribution in [0, 0.1) is 0 Å². The molecule has 0 bridgehead atoms. The molecule has 3 aromatic rings. The normalized spacial score (nSPS) is 12.8. The number of benzene rings is 2. The summed E-state index contributed by atoms with van der Waals surface area (Å²) in [5.41, 5.74) is 5.28. The number of aryl methyl sites for hydroxylation is 2. The first-order valence-electron chi connectivity index (χ1n) is 8.49. The summed E-state index contributed by atoms with van der Waals surface area (Å²) in [6.45, 7) is 4.34. The average molecular weight is 316 g/mol. The molecule has 2 nitrogen and oxygen atoms in total.